The summed E-state index contributed by atoms with van der Waals surface area (Å²) < 4.78 is 11.5. The third kappa shape index (κ3) is 10.9. The van der Waals surface area contributed by atoms with Crippen LogP contribution in [0.25, 0.3) is 0 Å². The van der Waals surface area contributed by atoms with Gasteiger partial charge in [-0.05, 0) is 38.8 Å². The molecule has 0 spiro atoms. The lowest BCUT2D eigenvalue weighted by atomic mass is 9.85. The fourth-order valence-corrected chi connectivity index (χ4v) is 2.52. The van der Waals surface area contributed by atoms with E-state index in [0.717, 1.165) is 26.1 Å². The number of hydrogen-bond acceptors (Lipinski definition) is 4. The molecule has 0 aliphatic carbocycles. The van der Waals surface area contributed by atoms with Crippen LogP contribution in [0.2, 0.25) is 0 Å². The predicted molar refractivity (Wildman–Crippen MR) is 91.1 cm³/mol. The van der Waals surface area contributed by atoms with Crippen molar-refractivity contribution < 1.29 is 9.47 Å². The Balaban J connectivity index is 4.11. The minimum Gasteiger partial charge on any atom is -0.380 e. The van der Waals surface area contributed by atoms with E-state index >= 15 is 0 Å². The fourth-order valence-electron chi connectivity index (χ4n) is 2.52. The zero-order valence-corrected chi connectivity index (χ0v) is 14.5. The molecule has 4 nitrogen and oxygen atoms in total. The third-order valence-corrected chi connectivity index (χ3v) is 3.87. The van der Waals surface area contributed by atoms with Crippen molar-refractivity contribution in [3.05, 3.63) is 0 Å². The number of nitrogens with zero attached hydrogens (tertiary/aromatic N) is 1. The van der Waals surface area contributed by atoms with Crippen LogP contribution in [-0.4, -0.2) is 45.2 Å². The number of ether oxygens (including phenoxy) is 2. The van der Waals surface area contributed by atoms with E-state index in [1.54, 1.807) is 0 Å². The van der Waals surface area contributed by atoms with Crippen LogP contribution in [0.15, 0.2) is 4.99 Å². The van der Waals surface area contributed by atoms with Crippen LogP contribution in [-0.2, 0) is 9.47 Å². The summed E-state index contributed by atoms with van der Waals surface area (Å²) in [5, 5.41) is 0. The van der Waals surface area contributed by atoms with Gasteiger partial charge in [-0.25, -0.2) is 0 Å². The van der Waals surface area contributed by atoms with Crippen molar-refractivity contribution in [2.45, 2.75) is 65.5 Å². The molecule has 2 N–H and O–H groups in total. The highest BCUT2D eigenvalue weighted by molar-refractivity contribution is 5.23. The molecule has 0 saturated carbocycles. The summed E-state index contributed by atoms with van der Waals surface area (Å²) in [6.07, 6.45) is 4.68. The molecule has 0 aromatic heterocycles. The van der Waals surface area contributed by atoms with Gasteiger partial charge in [0.25, 0.3) is 0 Å². The van der Waals surface area contributed by atoms with Gasteiger partial charge in [-0.3, -0.25) is 4.99 Å². The van der Waals surface area contributed by atoms with Crippen molar-refractivity contribution in [2.75, 3.05) is 26.4 Å². The number of aliphatic imine (C=N–C) groups is 1. The van der Waals surface area contributed by atoms with Gasteiger partial charge < -0.3 is 15.2 Å². The molecule has 0 amide bonds. The maximum absolute atomic E-state index is 5.75. The van der Waals surface area contributed by atoms with Gasteiger partial charge in [-0.2, -0.15) is 0 Å². The van der Waals surface area contributed by atoms with Crippen LogP contribution < -0.4 is 5.73 Å². The average Bonchev–Trinajstić information content (AvgIpc) is 2.46. The monoisotopic (exact) mass is 300 g/mol. The van der Waals surface area contributed by atoms with Gasteiger partial charge in [0, 0.05) is 19.3 Å². The first-order valence-electron chi connectivity index (χ1n) is 8.41. The summed E-state index contributed by atoms with van der Waals surface area (Å²) >= 11 is 0. The Morgan fingerprint density at radius 1 is 1.00 bits per heavy atom. The van der Waals surface area contributed by atoms with Gasteiger partial charge in [0.2, 0.25) is 0 Å². The zero-order chi connectivity index (χ0) is 16.1. The third-order valence-electron chi connectivity index (χ3n) is 3.87. The lowest BCUT2D eigenvalue weighted by Crippen LogP contribution is -2.27. The summed E-state index contributed by atoms with van der Waals surface area (Å²) in [5.74, 6) is 1.27. The fraction of sp³-hybridized carbons (Fsp3) is 0.941. The molecule has 0 saturated heterocycles. The molecule has 4 heteroatoms. The number of nitrogens with two attached hydrogens (primary N) is 1. The molecule has 0 rings (SSSR count). The van der Waals surface area contributed by atoms with Gasteiger partial charge in [0.15, 0.2) is 0 Å². The Hall–Kier alpha value is -0.450. The molecular weight excluding hydrogens is 264 g/mol. The van der Waals surface area contributed by atoms with Crippen LogP contribution in [0.1, 0.15) is 53.4 Å². The normalized spacial score (nSPS) is 17.2. The molecule has 0 aliphatic rings. The molecule has 0 fully saturated rings. The second-order valence-corrected chi connectivity index (χ2v) is 6.13. The highest BCUT2D eigenvalue weighted by Gasteiger charge is 2.19. The average molecular weight is 300 g/mol. The predicted octanol–water partition coefficient (Wildman–Crippen LogP) is 3.29. The summed E-state index contributed by atoms with van der Waals surface area (Å²) in [6, 6.07) is 0.300. The van der Waals surface area contributed by atoms with Gasteiger partial charge in [0.1, 0.15) is 0 Å². The maximum atomic E-state index is 5.75. The largest absolute Gasteiger partial charge is 0.380 e. The Morgan fingerprint density at radius 2 is 1.71 bits per heavy atom. The lowest BCUT2D eigenvalue weighted by molar-refractivity contribution is 0.0491. The van der Waals surface area contributed by atoms with Gasteiger partial charge in [0.05, 0.1) is 19.3 Å². The highest BCUT2D eigenvalue weighted by atomic mass is 16.5. The highest BCUT2D eigenvalue weighted by Crippen LogP contribution is 2.25. The Kier molecular flexibility index (Phi) is 12.9. The van der Waals surface area contributed by atoms with Crippen LogP contribution >= 0.6 is 0 Å². The molecule has 0 aromatic rings. The molecule has 4 atom stereocenters. The lowest BCUT2D eigenvalue weighted by Gasteiger charge is -2.26. The minimum atomic E-state index is 0.114. The van der Waals surface area contributed by atoms with Crippen molar-refractivity contribution >= 4 is 6.72 Å². The van der Waals surface area contributed by atoms with Crippen LogP contribution in [0.3, 0.4) is 0 Å². The second kappa shape index (κ2) is 13.2. The first-order chi connectivity index (χ1) is 10.0. The van der Waals surface area contributed by atoms with Gasteiger partial charge in [-0.1, -0.05) is 33.1 Å². The molecule has 4 unspecified atom stereocenters. The van der Waals surface area contributed by atoms with Crippen LogP contribution in [0, 0.1) is 11.8 Å². The topological polar surface area (TPSA) is 56.8 Å². The van der Waals surface area contributed by atoms with E-state index < -0.39 is 0 Å². The van der Waals surface area contributed by atoms with E-state index in [9.17, 15) is 0 Å². The smallest absolute Gasteiger partial charge is 0.0697 e. The van der Waals surface area contributed by atoms with Crippen molar-refractivity contribution in [3.8, 4) is 0 Å². The Labute approximate surface area is 131 Å². The van der Waals surface area contributed by atoms with Gasteiger partial charge in [-0.15, -0.1) is 0 Å². The first-order valence-corrected chi connectivity index (χ1v) is 8.41. The van der Waals surface area contributed by atoms with Crippen LogP contribution in [0.4, 0.5) is 0 Å². The number of hydrogen-bond donors (Lipinski definition) is 1. The molecular formula is C17H36N2O2. The van der Waals surface area contributed by atoms with Crippen molar-refractivity contribution in [1.29, 1.82) is 0 Å². The second-order valence-electron chi connectivity index (χ2n) is 6.13. The molecule has 0 aromatic carbocycles. The standard InChI is InChI=1S/C17H36N2O2/c1-6-8-17(9-10-20-12-15(4)19-5)16(7-2)13-21-11-14(3)18/h14-17H,5-13,18H2,1-4H3. The first kappa shape index (κ1) is 20.6. The molecule has 0 radical (unpaired) electrons. The molecule has 126 valence electrons. The maximum Gasteiger partial charge on any atom is 0.0697 e. The SMILES string of the molecule is C=NC(C)COCCC(CCC)C(CC)COCC(C)N. The van der Waals surface area contributed by atoms with Crippen molar-refractivity contribution in [3.63, 3.8) is 0 Å². The van der Waals surface area contributed by atoms with E-state index in [0.29, 0.717) is 25.0 Å². The van der Waals surface area contributed by atoms with E-state index in [1.807, 2.05) is 13.8 Å². The summed E-state index contributed by atoms with van der Waals surface area (Å²) in [4.78, 5) is 3.94. The summed E-state index contributed by atoms with van der Waals surface area (Å²) in [6.45, 7) is 15.0. The van der Waals surface area contributed by atoms with E-state index in [-0.39, 0.29) is 12.1 Å². The van der Waals surface area contributed by atoms with Crippen molar-refractivity contribution in [2.24, 2.45) is 22.6 Å². The zero-order valence-electron chi connectivity index (χ0n) is 14.5. The summed E-state index contributed by atoms with van der Waals surface area (Å²) in [7, 11) is 0. The molecule has 0 bridgehead atoms. The molecule has 21 heavy (non-hydrogen) atoms. The van der Waals surface area contributed by atoms with E-state index in [1.165, 1.54) is 12.8 Å². The van der Waals surface area contributed by atoms with Gasteiger partial charge >= 0.3 is 0 Å². The van der Waals surface area contributed by atoms with Crippen LogP contribution in [0.5, 0.6) is 0 Å². The number of rotatable bonds is 14. The minimum absolute atomic E-state index is 0.114. The Morgan fingerprint density at radius 3 is 2.24 bits per heavy atom. The van der Waals surface area contributed by atoms with E-state index in [2.05, 4.69) is 25.6 Å². The molecule has 0 aliphatic heterocycles. The molecule has 0 heterocycles. The summed E-state index contributed by atoms with van der Waals surface area (Å²) in [5.41, 5.74) is 5.74. The van der Waals surface area contributed by atoms with Crippen molar-refractivity contribution in [1.82, 2.24) is 0 Å². The van der Waals surface area contributed by atoms with E-state index in [4.69, 9.17) is 15.2 Å². The quantitative estimate of drug-likeness (QED) is 0.395. The Bertz CT molecular complexity index is 247.